The zero-order valence-corrected chi connectivity index (χ0v) is 8.92. The van der Waals surface area contributed by atoms with Crippen molar-refractivity contribution < 1.29 is 9.84 Å². The highest BCUT2D eigenvalue weighted by Gasteiger charge is 2.23. The van der Waals surface area contributed by atoms with Gasteiger partial charge in [-0.05, 0) is 40.3 Å². The van der Waals surface area contributed by atoms with Crippen LogP contribution in [-0.4, -0.2) is 48.0 Å². The summed E-state index contributed by atoms with van der Waals surface area (Å²) in [7, 11) is 0. The Hall–Kier alpha value is -0.120. The van der Waals surface area contributed by atoms with E-state index in [1.807, 2.05) is 6.92 Å². The molecule has 0 bridgehead atoms. The molecular formula is C10H21NO2. The van der Waals surface area contributed by atoms with Crippen LogP contribution in [0.3, 0.4) is 0 Å². The Morgan fingerprint density at radius 2 is 2.08 bits per heavy atom. The zero-order valence-electron chi connectivity index (χ0n) is 8.92. The van der Waals surface area contributed by atoms with Gasteiger partial charge in [0.15, 0.2) is 0 Å². The molecular weight excluding hydrogens is 166 g/mol. The second kappa shape index (κ2) is 4.40. The molecule has 1 unspecified atom stereocenters. The predicted octanol–water partition coefficient (Wildman–Crippen LogP) is 0.868. The van der Waals surface area contributed by atoms with Gasteiger partial charge in [0.1, 0.15) is 0 Å². The van der Waals surface area contributed by atoms with E-state index in [1.54, 1.807) is 13.8 Å². The third kappa shape index (κ3) is 3.63. The number of aliphatic hydroxyl groups is 1. The van der Waals surface area contributed by atoms with Gasteiger partial charge in [-0.1, -0.05) is 0 Å². The van der Waals surface area contributed by atoms with Crippen molar-refractivity contribution in [1.82, 2.24) is 4.90 Å². The van der Waals surface area contributed by atoms with Crippen LogP contribution in [0, 0.1) is 0 Å². The van der Waals surface area contributed by atoms with Crippen molar-refractivity contribution in [3.8, 4) is 0 Å². The molecule has 1 atom stereocenters. The largest absolute Gasteiger partial charge is 0.388 e. The van der Waals surface area contributed by atoms with E-state index in [9.17, 15) is 5.11 Å². The molecule has 0 spiro atoms. The molecule has 0 aromatic carbocycles. The summed E-state index contributed by atoms with van der Waals surface area (Å²) in [6.45, 7) is 9.62. The van der Waals surface area contributed by atoms with Crippen molar-refractivity contribution in [3.63, 3.8) is 0 Å². The number of hydrogen-bond acceptors (Lipinski definition) is 3. The van der Waals surface area contributed by atoms with E-state index in [0.717, 1.165) is 13.2 Å². The van der Waals surface area contributed by atoms with Gasteiger partial charge in [0.25, 0.3) is 0 Å². The summed E-state index contributed by atoms with van der Waals surface area (Å²) in [5.41, 5.74) is -0.727. The average molecular weight is 187 g/mol. The number of hydrogen-bond donors (Lipinski definition) is 1. The summed E-state index contributed by atoms with van der Waals surface area (Å²) >= 11 is 0. The molecule has 1 aliphatic rings. The first-order chi connectivity index (χ1) is 6.00. The molecule has 1 saturated heterocycles. The van der Waals surface area contributed by atoms with Gasteiger partial charge in [-0.25, -0.2) is 0 Å². The van der Waals surface area contributed by atoms with Gasteiger partial charge in [-0.3, -0.25) is 0 Å². The first-order valence-corrected chi connectivity index (χ1v) is 5.06. The topological polar surface area (TPSA) is 32.7 Å². The Kier molecular flexibility index (Phi) is 3.71. The molecule has 1 aliphatic heterocycles. The highest BCUT2D eigenvalue weighted by atomic mass is 16.5. The van der Waals surface area contributed by atoms with E-state index in [-0.39, 0.29) is 6.10 Å². The minimum Gasteiger partial charge on any atom is -0.388 e. The SMILES string of the molecule is CC(OCCN1CCC1)C(C)(C)O. The van der Waals surface area contributed by atoms with Gasteiger partial charge in [0.2, 0.25) is 0 Å². The highest BCUT2D eigenvalue weighted by molar-refractivity contribution is 4.74. The second-order valence-corrected chi connectivity index (χ2v) is 4.36. The molecule has 3 nitrogen and oxygen atoms in total. The van der Waals surface area contributed by atoms with Crippen molar-refractivity contribution >= 4 is 0 Å². The maximum absolute atomic E-state index is 9.58. The van der Waals surface area contributed by atoms with Crippen molar-refractivity contribution in [2.24, 2.45) is 0 Å². The van der Waals surface area contributed by atoms with E-state index in [0.29, 0.717) is 0 Å². The molecule has 1 heterocycles. The summed E-state index contributed by atoms with van der Waals surface area (Å²) in [6, 6.07) is 0. The Bertz CT molecular complexity index is 149. The number of rotatable bonds is 5. The molecule has 1 N–H and O–H groups in total. The van der Waals surface area contributed by atoms with Gasteiger partial charge >= 0.3 is 0 Å². The molecule has 78 valence electrons. The van der Waals surface area contributed by atoms with Crippen molar-refractivity contribution in [3.05, 3.63) is 0 Å². The normalized spacial score (nSPS) is 21.2. The van der Waals surface area contributed by atoms with Crippen LogP contribution >= 0.6 is 0 Å². The van der Waals surface area contributed by atoms with Gasteiger partial charge in [0.05, 0.1) is 18.3 Å². The Morgan fingerprint density at radius 3 is 2.46 bits per heavy atom. The molecule has 0 radical (unpaired) electrons. The third-order valence-electron chi connectivity index (χ3n) is 2.72. The van der Waals surface area contributed by atoms with E-state index in [2.05, 4.69) is 4.90 Å². The zero-order chi connectivity index (χ0) is 9.90. The maximum Gasteiger partial charge on any atom is 0.0849 e. The molecule has 0 aromatic heterocycles. The standard InChI is InChI=1S/C10H21NO2/c1-9(10(2,3)12)13-8-7-11-5-4-6-11/h9,12H,4-8H2,1-3H3. The fourth-order valence-corrected chi connectivity index (χ4v) is 1.17. The lowest BCUT2D eigenvalue weighted by Crippen LogP contribution is -2.42. The third-order valence-corrected chi connectivity index (χ3v) is 2.72. The lowest BCUT2D eigenvalue weighted by Gasteiger charge is -2.32. The second-order valence-electron chi connectivity index (χ2n) is 4.36. The predicted molar refractivity (Wildman–Crippen MR) is 52.8 cm³/mol. The molecule has 0 aromatic rings. The minimum absolute atomic E-state index is 0.0891. The Morgan fingerprint density at radius 1 is 1.46 bits per heavy atom. The first-order valence-electron chi connectivity index (χ1n) is 5.06. The van der Waals surface area contributed by atoms with Crippen LogP contribution in [0.25, 0.3) is 0 Å². The summed E-state index contributed by atoms with van der Waals surface area (Å²) < 4.78 is 5.52. The lowest BCUT2D eigenvalue weighted by molar-refractivity contribution is -0.0838. The molecule has 0 amide bonds. The first kappa shape index (κ1) is 11.0. The average Bonchev–Trinajstić information content (AvgIpc) is 1.91. The van der Waals surface area contributed by atoms with Crippen LogP contribution < -0.4 is 0 Å². The van der Waals surface area contributed by atoms with E-state index in [4.69, 9.17) is 4.74 Å². The monoisotopic (exact) mass is 187 g/mol. The number of likely N-dealkylation sites (tertiary alicyclic amines) is 1. The molecule has 3 heteroatoms. The number of ether oxygens (including phenoxy) is 1. The van der Waals surface area contributed by atoms with E-state index in [1.165, 1.54) is 19.5 Å². The van der Waals surface area contributed by atoms with Gasteiger partial charge < -0.3 is 14.7 Å². The summed E-state index contributed by atoms with van der Waals surface area (Å²) in [5, 5.41) is 9.58. The minimum atomic E-state index is -0.727. The molecule has 1 fully saturated rings. The quantitative estimate of drug-likeness (QED) is 0.693. The fourth-order valence-electron chi connectivity index (χ4n) is 1.17. The van der Waals surface area contributed by atoms with E-state index >= 15 is 0 Å². The maximum atomic E-state index is 9.58. The van der Waals surface area contributed by atoms with Crippen LogP contribution in [0.4, 0.5) is 0 Å². The lowest BCUT2D eigenvalue weighted by atomic mass is 10.0. The summed E-state index contributed by atoms with van der Waals surface area (Å²) in [5.74, 6) is 0. The smallest absolute Gasteiger partial charge is 0.0849 e. The molecule has 1 rings (SSSR count). The van der Waals surface area contributed by atoms with Gasteiger partial charge in [0, 0.05) is 6.54 Å². The van der Waals surface area contributed by atoms with Crippen LogP contribution in [0.2, 0.25) is 0 Å². The van der Waals surface area contributed by atoms with Crippen molar-refractivity contribution in [1.29, 1.82) is 0 Å². The number of nitrogens with zero attached hydrogens (tertiary/aromatic N) is 1. The van der Waals surface area contributed by atoms with Crippen LogP contribution in [0.5, 0.6) is 0 Å². The summed E-state index contributed by atoms with van der Waals surface area (Å²) in [6.07, 6.45) is 1.23. The van der Waals surface area contributed by atoms with Crippen LogP contribution in [-0.2, 0) is 4.74 Å². The van der Waals surface area contributed by atoms with Gasteiger partial charge in [-0.2, -0.15) is 0 Å². The Balaban J connectivity index is 2.04. The highest BCUT2D eigenvalue weighted by Crippen LogP contribution is 2.12. The van der Waals surface area contributed by atoms with Crippen LogP contribution in [0.15, 0.2) is 0 Å². The van der Waals surface area contributed by atoms with Gasteiger partial charge in [-0.15, -0.1) is 0 Å². The molecule has 0 saturated carbocycles. The Labute approximate surface area is 80.7 Å². The fraction of sp³-hybridized carbons (Fsp3) is 1.00. The molecule has 13 heavy (non-hydrogen) atoms. The van der Waals surface area contributed by atoms with Crippen LogP contribution in [0.1, 0.15) is 27.2 Å². The van der Waals surface area contributed by atoms with Crippen molar-refractivity contribution in [2.45, 2.75) is 38.9 Å². The van der Waals surface area contributed by atoms with E-state index < -0.39 is 5.60 Å². The van der Waals surface area contributed by atoms with Crippen molar-refractivity contribution in [2.75, 3.05) is 26.2 Å². The molecule has 0 aliphatic carbocycles. The summed E-state index contributed by atoms with van der Waals surface area (Å²) in [4.78, 5) is 2.36.